The molecule has 0 radical (unpaired) electrons. The lowest BCUT2D eigenvalue weighted by molar-refractivity contribution is -0.118. The number of rotatable bonds is 1. The molecule has 1 fully saturated rings. The van der Waals surface area contributed by atoms with Crippen LogP contribution in [0.25, 0.3) is 0 Å². The highest BCUT2D eigenvalue weighted by Gasteiger charge is 2.30. The molecule has 0 saturated carbocycles. The van der Waals surface area contributed by atoms with Crippen LogP contribution in [-0.2, 0) is 4.79 Å². The van der Waals surface area contributed by atoms with Crippen LogP contribution in [0.15, 0.2) is 12.1 Å². The van der Waals surface area contributed by atoms with Gasteiger partial charge in [-0.2, -0.15) is 0 Å². The minimum atomic E-state index is -0.0457. The first kappa shape index (κ1) is 14.1. The van der Waals surface area contributed by atoms with Gasteiger partial charge >= 0.3 is 0 Å². The fourth-order valence-corrected chi connectivity index (χ4v) is 2.98. The quantitative estimate of drug-likeness (QED) is 0.842. The number of hydrogen-bond donors (Lipinski definition) is 1. The molecule has 1 aliphatic rings. The standard InChI is InChI=1S/C16H24N2O/c1-11-8-12(2)15(13(3)9-11)18-10-16(4,5)17-7-6-14(18)19/h8-9,17H,6-7,10H2,1-5H3. The summed E-state index contributed by atoms with van der Waals surface area (Å²) in [6, 6.07) is 4.31. The Kier molecular flexibility index (Phi) is 3.68. The fourth-order valence-electron chi connectivity index (χ4n) is 2.98. The van der Waals surface area contributed by atoms with Gasteiger partial charge in [0.25, 0.3) is 0 Å². The molecule has 0 bridgehead atoms. The van der Waals surface area contributed by atoms with E-state index < -0.39 is 0 Å². The third-order valence-electron chi connectivity index (χ3n) is 3.70. The first-order valence-electron chi connectivity index (χ1n) is 6.93. The van der Waals surface area contributed by atoms with Crippen LogP contribution < -0.4 is 10.2 Å². The number of amides is 1. The Labute approximate surface area is 116 Å². The molecule has 2 rings (SSSR count). The summed E-state index contributed by atoms with van der Waals surface area (Å²) < 4.78 is 0. The molecule has 0 atom stereocenters. The maximum Gasteiger partial charge on any atom is 0.228 e. The number of anilines is 1. The zero-order chi connectivity index (χ0) is 14.2. The van der Waals surface area contributed by atoms with Crippen molar-refractivity contribution in [3.05, 3.63) is 28.8 Å². The predicted octanol–water partition coefficient (Wildman–Crippen LogP) is 2.72. The fraction of sp³-hybridized carbons (Fsp3) is 0.562. The Balaban J connectivity index is 2.46. The normalized spacial score (nSPS) is 19.4. The maximum absolute atomic E-state index is 12.4. The molecule has 0 aromatic heterocycles. The lowest BCUT2D eigenvalue weighted by Gasteiger charge is -2.32. The summed E-state index contributed by atoms with van der Waals surface area (Å²) in [6.07, 6.45) is 0.566. The molecular formula is C16H24N2O. The first-order valence-corrected chi connectivity index (χ1v) is 6.93. The number of nitrogens with zero attached hydrogens (tertiary/aromatic N) is 1. The third-order valence-corrected chi connectivity index (χ3v) is 3.70. The monoisotopic (exact) mass is 260 g/mol. The van der Waals surface area contributed by atoms with E-state index in [1.165, 1.54) is 16.7 Å². The molecule has 1 amide bonds. The SMILES string of the molecule is Cc1cc(C)c(N2CC(C)(C)NCCC2=O)c(C)c1. The summed E-state index contributed by atoms with van der Waals surface area (Å²) in [4.78, 5) is 14.3. The Morgan fingerprint density at radius 2 is 1.74 bits per heavy atom. The van der Waals surface area contributed by atoms with E-state index in [4.69, 9.17) is 0 Å². The molecule has 3 nitrogen and oxygen atoms in total. The van der Waals surface area contributed by atoms with Gasteiger partial charge in [0.2, 0.25) is 5.91 Å². The molecule has 1 aromatic rings. The van der Waals surface area contributed by atoms with Crippen molar-refractivity contribution in [3.8, 4) is 0 Å². The number of nitrogens with one attached hydrogen (secondary N) is 1. The molecule has 0 spiro atoms. The van der Waals surface area contributed by atoms with E-state index in [1.807, 2.05) is 4.90 Å². The summed E-state index contributed by atoms with van der Waals surface area (Å²) in [5, 5.41) is 3.44. The van der Waals surface area contributed by atoms with E-state index in [2.05, 4.69) is 52.1 Å². The first-order chi connectivity index (χ1) is 8.80. The van der Waals surface area contributed by atoms with Crippen molar-refractivity contribution in [1.82, 2.24) is 5.32 Å². The summed E-state index contributed by atoms with van der Waals surface area (Å²) in [5.74, 6) is 0.216. The van der Waals surface area contributed by atoms with Gasteiger partial charge in [-0.1, -0.05) is 17.7 Å². The van der Waals surface area contributed by atoms with Gasteiger partial charge in [-0.3, -0.25) is 4.79 Å². The summed E-state index contributed by atoms with van der Waals surface area (Å²) >= 11 is 0. The van der Waals surface area contributed by atoms with Gasteiger partial charge in [0.05, 0.1) is 0 Å². The van der Waals surface area contributed by atoms with E-state index in [1.54, 1.807) is 0 Å². The van der Waals surface area contributed by atoms with Gasteiger partial charge < -0.3 is 10.2 Å². The minimum Gasteiger partial charge on any atom is -0.310 e. The van der Waals surface area contributed by atoms with Gasteiger partial charge in [-0.25, -0.2) is 0 Å². The van der Waals surface area contributed by atoms with Crippen LogP contribution in [0.1, 0.15) is 37.0 Å². The van der Waals surface area contributed by atoms with E-state index in [0.717, 1.165) is 18.8 Å². The lowest BCUT2D eigenvalue weighted by Crippen LogP contribution is -2.47. The number of aryl methyl sites for hydroxylation is 3. The minimum absolute atomic E-state index is 0.0457. The van der Waals surface area contributed by atoms with Crippen molar-refractivity contribution in [2.45, 2.75) is 46.6 Å². The Morgan fingerprint density at radius 3 is 2.32 bits per heavy atom. The van der Waals surface area contributed by atoms with Crippen molar-refractivity contribution in [3.63, 3.8) is 0 Å². The Morgan fingerprint density at radius 1 is 1.16 bits per heavy atom. The van der Waals surface area contributed by atoms with E-state index >= 15 is 0 Å². The van der Waals surface area contributed by atoms with Crippen LogP contribution in [0.3, 0.4) is 0 Å². The van der Waals surface area contributed by atoms with Crippen molar-refractivity contribution in [1.29, 1.82) is 0 Å². The molecule has 0 aliphatic carbocycles. The molecular weight excluding hydrogens is 236 g/mol. The summed E-state index contributed by atoms with van der Waals surface area (Å²) in [7, 11) is 0. The van der Waals surface area contributed by atoms with Crippen molar-refractivity contribution in [2.24, 2.45) is 0 Å². The van der Waals surface area contributed by atoms with Crippen LogP contribution in [0.2, 0.25) is 0 Å². The third kappa shape index (κ3) is 2.98. The van der Waals surface area contributed by atoms with E-state index in [-0.39, 0.29) is 11.4 Å². The second-order valence-corrected chi connectivity index (χ2v) is 6.29. The molecule has 0 unspecified atom stereocenters. The molecule has 3 heteroatoms. The molecule has 19 heavy (non-hydrogen) atoms. The largest absolute Gasteiger partial charge is 0.310 e. The molecule has 1 aliphatic heterocycles. The summed E-state index contributed by atoms with van der Waals surface area (Å²) in [6.45, 7) is 12.1. The smallest absolute Gasteiger partial charge is 0.228 e. The van der Waals surface area contributed by atoms with E-state index in [9.17, 15) is 4.79 Å². The van der Waals surface area contributed by atoms with E-state index in [0.29, 0.717) is 6.42 Å². The Hall–Kier alpha value is -1.35. The van der Waals surface area contributed by atoms with Crippen LogP contribution in [0.4, 0.5) is 5.69 Å². The van der Waals surface area contributed by atoms with Gasteiger partial charge in [0.15, 0.2) is 0 Å². The highest BCUT2D eigenvalue weighted by Crippen LogP contribution is 2.29. The second-order valence-electron chi connectivity index (χ2n) is 6.29. The second kappa shape index (κ2) is 4.97. The molecule has 1 heterocycles. The topological polar surface area (TPSA) is 32.3 Å². The van der Waals surface area contributed by atoms with Gasteiger partial charge in [0.1, 0.15) is 0 Å². The van der Waals surface area contributed by atoms with Crippen molar-refractivity contribution < 1.29 is 4.79 Å². The molecule has 1 N–H and O–H groups in total. The zero-order valence-electron chi connectivity index (χ0n) is 12.6. The average molecular weight is 260 g/mol. The van der Waals surface area contributed by atoms with Crippen LogP contribution in [0, 0.1) is 20.8 Å². The summed E-state index contributed by atoms with van der Waals surface area (Å²) in [5.41, 5.74) is 4.66. The van der Waals surface area contributed by atoms with Gasteiger partial charge in [0, 0.05) is 30.7 Å². The van der Waals surface area contributed by atoms with Crippen molar-refractivity contribution >= 4 is 11.6 Å². The predicted molar refractivity (Wildman–Crippen MR) is 79.7 cm³/mol. The highest BCUT2D eigenvalue weighted by atomic mass is 16.2. The van der Waals surface area contributed by atoms with Crippen molar-refractivity contribution in [2.75, 3.05) is 18.0 Å². The van der Waals surface area contributed by atoms with Crippen LogP contribution >= 0.6 is 0 Å². The number of hydrogen-bond acceptors (Lipinski definition) is 2. The maximum atomic E-state index is 12.4. The van der Waals surface area contributed by atoms with Crippen LogP contribution in [0.5, 0.6) is 0 Å². The van der Waals surface area contributed by atoms with Crippen LogP contribution in [-0.4, -0.2) is 24.5 Å². The van der Waals surface area contributed by atoms with Gasteiger partial charge in [-0.15, -0.1) is 0 Å². The zero-order valence-corrected chi connectivity index (χ0v) is 12.6. The highest BCUT2D eigenvalue weighted by molar-refractivity contribution is 5.95. The Bertz CT molecular complexity index is 482. The lowest BCUT2D eigenvalue weighted by atomic mass is 10.0. The number of benzene rings is 1. The number of carbonyl (C=O) groups is 1. The average Bonchev–Trinajstić information content (AvgIpc) is 2.37. The molecule has 1 aromatic carbocycles. The van der Waals surface area contributed by atoms with Gasteiger partial charge in [-0.05, 0) is 45.7 Å². The number of carbonyl (C=O) groups excluding carboxylic acids is 1. The molecule has 1 saturated heterocycles. The molecule has 104 valence electrons.